The summed E-state index contributed by atoms with van der Waals surface area (Å²) >= 11 is 0. The van der Waals surface area contributed by atoms with Gasteiger partial charge < -0.3 is 9.47 Å². The van der Waals surface area contributed by atoms with E-state index in [2.05, 4.69) is 289 Å². The fourth-order valence-electron chi connectivity index (χ4n) is 10.6. The van der Waals surface area contributed by atoms with E-state index in [4.69, 9.17) is 0 Å². The van der Waals surface area contributed by atoms with E-state index >= 15 is 0 Å². The van der Waals surface area contributed by atoms with Crippen LogP contribution in [0.2, 0.25) is 0 Å². The van der Waals surface area contributed by atoms with Crippen molar-refractivity contribution in [3.63, 3.8) is 0 Å². The van der Waals surface area contributed by atoms with E-state index in [9.17, 15) is 0 Å². The molecule has 0 N–H and O–H groups in total. The highest BCUT2D eigenvalue weighted by Gasteiger charge is 2.20. The van der Waals surface area contributed by atoms with E-state index in [0.717, 1.165) is 33.9 Å². The van der Waals surface area contributed by atoms with Crippen LogP contribution in [0.25, 0.3) is 105 Å². The van der Waals surface area contributed by atoms with Crippen LogP contribution in [0.5, 0.6) is 0 Å². The number of hydrogen-bond donors (Lipinski definition) is 0. The third-order valence-corrected chi connectivity index (χ3v) is 13.9. The van der Waals surface area contributed by atoms with Crippen molar-refractivity contribution in [2.75, 3.05) is 4.90 Å². The quantitative estimate of drug-likeness (QED) is 0.140. The summed E-state index contributed by atoms with van der Waals surface area (Å²) in [4.78, 5) is 2.40. The number of para-hydroxylation sites is 1. The van der Waals surface area contributed by atoms with Gasteiger partial charge in [-0.25, -0.2) is 0 Å². The van der Waals surface area contributed by atoms with Gasteiger partial charge in [0.15, 0.2) is 0 Å². The summed E-state index contributed by atoms with van der Waals surface area (Å²) < 4.78 is 2.42. The Morgan fingerprint density at radius 2 is 0.729 bits per heavy atom. The zero-order chi connectivity index (χ0) is 46.4. The molecule has 2 heteroatoms. The lowest BCUT2D eigenvalue weighted by Crippen LogP contribution is -2.10. The van der Waals surface area contributed by atoms with Crippen molar-refractivity contribution in [2.45, 2.75) is 0 Å². The Morgan fingerprint density at radius 3 is 1.39 bits per heavy atom. The first kappa shape index (κ1) is 41.0. The first-order chi connectivity index (χ1) is 34.7. The molecule has 0 amide bonds. The maximum Gasteiger partial charge on any atom is 0.0547 e. The predicted octanol–water partition coefficient (Wildman–Crippen LogP) is 18.9. The van der Waals surface area contributed by atoms with Crippen LogP contribution >= 0.6 is 0 Å². The van der Waals surface area contributed by atoms with Gasteiger partial charge in [-0.1, -0.05) is 194 Å². The molecule has 12 aromatic carbocycles. The van der Waals surface area contributed by atoms with Crippen molar-refractivity contribution in [3.8, 4) is 61.3 Å². The zero-order valence-corrected chi connectivity index (χ0v) is 38.5. The topological polar surface area (TPSA) is 8.17 Å². The summed E-state index contributed by atoms with van der Waals surface area (Å²) in [6.45, 7) is 0. The van der Waals surface area contributed by atoms with Gasteiger partial charge in [0.1, 0.15) is 0 Å². The Morgan fingerprint density at radius 1 is 0.243 bits per heavy atom. The molecule has 0 saturated heterocycles. The molecular formula is C68H46N2. The van der Waals surface area contributed by atoms with Crippen LogP contribution in [0, 0.1) is 0 Å². The molecule has 0 unspecified atom stereocenters. The molecule has 0 fully saturated rings. The van der Waals surface area contributed by atoms with E-state index in [-0.39, 0.29) is 0 Å². The average molecular weight is 891 g/mol. The minimum atomic E-state index is 1.08. The Bertz CT molecular complexity index is 3960. The summed E-state index contributed by atoms with van der Waals surface area (Å²) in [5.41, 5.74) is 18.7. The second-order valence-electron chi connectivity index (χ2n) is 18.1. The van der Waals surface area contributed by atoms with E-state index in [0.29, 0.717) is 0 Å². The van der Waals surface area contributed by atoms with Gasteiger partial charge in [-0.15, -0.1) is 0 Å². The Hall–Kier alpha value is -9.24. The molecule has 0 atom stereocenters. The summed E-state index contributed by atoms with van der Waals surface area (Å²) in [5.74, 6) is 0. The summed E-state index contributed by atoms with van der Waals surface area (Å²) in [5, 5.41) is 7.43. The SMILES string of the molecule is c1ccc(-c2cc(-c3ccccc3)cc(-c3ccc(N(c4ccc(-c5cccc6ccccc56)cc4)c4cccc(-c5cccc6c5c5cc7ccccc7cc5n6-c5ccccc5)c4)cc3)c2)cc1. The molecule has 13 aromatic rings. The largest absolute Gasteiger partial charge is 0.310 e. The minimum absolute atomic E-state index is 1.08. The fraction of sp³-hybridized carbons (Fsp3) is 0. The summed E-state index contributed by atoms with van der Waals surface area (Å²) in [7, 11) is 0. The lowest BCUT2D eigenvalue weighted by molar-refractivity contribution is 1.18. The Kier molecular flexibility index (Phi) is 10.2. The summed E-state index contributed by atoms with van der Waals surface area (Å²) in [6, 6.07) is 102. The number of benzene rings is 12. The van der Waals surface area contributed by atoms with E-state index in [1.165, 1.54) is 87.9 Å². The van der Waals surface area contributed by atoms with Crippen LogP contribution in [0.3, 0.4) is 0 Å². The van der Waals surface area contributed by atoms with Gasteiger partial charge in [0.2, 0.25) is 0 Å². The van der Waals surface area contributed by atoms with Gasteiger partial charge in [0, 0.05) is 33.5 Å². The molecule has 1 aromatic heterocycles. The fourth-order valence-corrected chi connectivity index (χ4v) is 10.6. The molecular weight excluding hydrogens is 845 g/mol. The molecule has 70 heavy (non-hydrogen) atoms. The summed E-state index contributed by atoms with van der Waals surface area (Å²) in [6.07, 6.45) is 0. The molecule has 13 rings (SSSR count). The van der Waals surface area contributed by atoms with Gasteiger partial charge in [0.25, 0.3) is 0 Å². The molecule has 0 spiro atoms. The highest BCUT2D eigenvalue weighted by molar-refractivity contribution is 6.18. The van der Waals surface area contributed by atoms with Gasteiger partial charge in [-0.2, -0.15) is 0 Å². The molecule has 0 aliphatic rings. The van der Waals surface area contributed by atoms with Crippen molar-refractivity contribution in [1.29, 1.82) is 0 Å². The predicted molar refractivity (Wildman–Crippen MR) is 298 cm³/mol. The lowest BCUT2D eigenvalue weighted by atomic mass is 9.93. The molecule has 0 radical (unpaired) electrons. The number of rotatable bonds is 9. The number of anilines is 3. The maximum absolute atomic E-state index is 2.42. The van der Waals surface area contributed by atoms with Crippen molar-refractivity contribution in [2.24, 2.45) is 0 Å². The first-order valence-electron chi connectivity index (χ1n) is 24.1. The average Bonchev–Trinajstić information content (AvgIpc) is 3.76. The highest BCUT2D eigenvalue weighted by Crippen LogP contribution is 2.44. The van der Waals surface area contributed by atoms with Crippen LogP contribution < -0.4 is 4.90 Å². The van der Waals surface area contributed by atoms with Crippen LogP contribution in [-0.4, -0.2) is 4.57 Å². The molecule has 0 aliphatic carbocycles. The number of nitrogens with zero attached hydrogens (tertiary/aromatic N) is 2. The third kappa shape index (κ3) is 7.40. The monoisotopic (exact) mass is 890 g/mol. The Labute approximate surface area is 408 Å². The van der Waals surface area contributed by atoms with Gasteiger partial charge in [-0.05, 0) is 162 Å². The Balaban J connectivity index is 0.962. The molecule has 0 bridgehead atoms. The minimum Gasteiger partial charge on any atom is -0.310 e. The van der Waals surface area contributed by atoms with Crippen LogP contribution in [0.4, 0.5) is 17.1 Å². The van der Waals surface area contributed by atoms with Crippen LogP contribution in [-0.2, 0) is 0 Å². The van der Waals surface area contributed by atoms with Crippen LogP contribution in [0.15, 0.2) is 279 Å². The van der Waals surface area contributed by atoms with Crippen molar-refractivity contribution in [3.05, 3.63) is 279 Å². The molecule has 1 heterocycles. The molecule has 0 aliphatic heterocycles. The van der Waals surface area contributed by atoms with Crippen molar-refractivity contribution < 1.29 is 0 Å². The lowest BCUT2D eigenvalue weighted by Gasteiger charge is -2.26. The van der Waals surface area contributed by atoms with Gasteiger partial charge >= 0.3 is 0 Å². The normalized spacial score (nSPS) is 11.4. The van der Waals surface area contributed by atoms with Crippen LogP contribution in [0.1, 0.15) is 0 Å². The van der Waals surface area contributed by atoms with Crippen molar-refractivity contribution in [1.82, 2.24) is 4.57 Å². The van der Waals surface area contributed by atoms with Gasteiger partial charge in [0.05, 0.1) is 11.0 Å². The number of aromatic nitrogens is 1. The van der Waals surface area contributed by atoms with E-state index < -0.39 is 0 Å². The standard InChI is InChI=1S/C68H46N2/c1-4-17-47(18-5-1)55-41-56(48-19-6-2-7-20-48)43-57(42-55)49-33-37-59(38-34-49)69(60-39-35-51(36-40-60)63-30-15-24-50-21-12-13-29-62(50)63)61-28-14-25-54(44-61)64-31-16-32-66-68(64)65-45-52-22-10-11-23-53(52)46-67(65)70(66)58-26-8-3-9-27-58/h1-46H. The maximum atomic E-state index is 2.42. The smallest absolute Gasteiger partial charge is 0.0547 e. The molecule has 0 saturated carbocycles. The second kappa shape index (κ2) is 17.4. The van der Waals surface area contributed by atoms with Crippen molar-refractivity contribution >= 4 is 60.4 Å². The molecule has 2 nitrogen and oxygen atoms in total. The third-order valence-electron chi connectivity index (χ3n) is 13.9. The number of fused-ring (bicyclic) bond motifs is 5. The highest BCUT2D eigenvalue weighted by atomic mass is 15.1. The first-order valence-corrected chi connectivity index (χ1v) is 24.1. The van der Waals surface area contributed by atoms with E-state index in [1.54, 1.807) is 0 Å². The second-order valence-corrected chi connectivity index (χ2v) is 18.1. The van der Waals surface area contributed by atoms with Gasteiger partial charge in [-0.3, -0.25) is 0 Å². The number of hydrogen-bond acceptors (Lipinski definition) is 1. The van der Waals surface area contributed by atoms with E-state index in [1.807, 2.05) is 0 Å². The molecule has 328 valence electrons. The zero-order valence-electron chi connectivity index (χ0n) is 38.5.